The number of methoxy groups -OCH3 is 1. The molecule has 0 saturated carbocycles. The zero-order chi connectivity index (χ0) is 76.9. The Morgan fingerprint density at radius 3 is 1.14 bits per heavy atom. The van der Waals surface area contributed by atoms with Crippen molar-refractivity contribution in [2.45, 2.75) is 268 Å². The van der Waals surface area contributed by atoms with Gasteiger partial charge >= 0.3 is 66.0 Å². The molecule has 101 heavy (non-hydrogen) atoms. The van der Waals surface area contributed by atoms with Gasteiger partial charge in [-0.2, -0.15) is 66.5 Å². The molecule has 0 radical (unpaired) electrons. The predicted molar refractivity (Wildman–Crippen MR) is 363 cm³/mol. The molecule has 3 aromatic rings. The summed E-state index contributed by atoms with van der Waals surface area (Å²) in [5.41, 5.74) is -2.31. The fraction of sp³-hybridized carbons (Fsp3) is 0.653. The number of aromatic nitrogens is 1. The van der Waals surface area contributed by atoms with E-state index < -0.39 is 69.9 Å². The van der Waals surface area contributed by atoms with Crippen molar-refractivity contribution < 1.29 is 113 Å². The Balaban J connectivity index is 0. The number of amides is 3. The van der Waals surface area contributed by atoms with E-state index in [4.69, 9.17) is 24.7 Å². The Kier molecular flexibility index (Phi) is 40.5. The number of allylic oxidation sites excluding steroid dienone is 1. The SMILES string of the molecule is CC(C)C1CC(=O)C=CN1C(=O)OC(C)(C)C.CC(C)C1CC(=O)CC(C(C)C)N1C(=O)OC(C)(C)C.CC(C)[C@@H]1CC(NCc2cc(C(F)(F)F)cc(C(F)(F)F)c2)C[C@@H](C(C)C)N1C(=O)OC(C)(C)C.COc1ccncc1.C[CH-]C.NCc1cc(C(F)(F)F)cc(C(F)(F)F)c1.[Br-].[Mg+2]. The number of piperidine rings is 2. The van der Waals surface area contributed by atoms with Crippen LogP contribution >= 0.6 is 0 Å². The summed E-state index contributed by atoms with van der Waals surface area (Å²) in [7, 11) is 1.63. The summed E-state index contributed by atoms with van der Waals surface area (Å²) in [4.78, 5) is 69.8. The van der Waals surface area contributed by atoms with Gasteiger partial charge in [0.25, 0.3) is 0 Å². The zero-order valence-corrected chi connectivity index (χ0v) is 65.5. The third kappa shape index (κ3) is 35.3. The predicted octanol–water partition coefficient (Wildman–Crippen LogP) is 15.8. The second-order valence-electron chi connectivity index (χ2n) is 29.2. The minimum atomic E-state index is -4.89. The fourth-order valence-corrected chi connectivity index (χ4v) is 10.5. The van der Waals surface area contributed by atoms with Crippen molar-refractivity contribution in [3.05, 3.63) is 113 Å². The van der Waals surface area contributed by atoms with Crippen LogP contribution in [0.4, 0.5) is 67.1 Å². The molecule has 572 valence electrons. The van der Waals surface area contributed by atoms with Gasteiger partial charge in [-0.1, -0.05) is 69.2 Å². The molecule has 3 amide bonds. The first-order chi connectivity index (χ1) is 45.0. The molecule has 2 aromatic carbocycles. The third-order valence-corrected chi connectivity index (χ3v) is 15.2. The van der Waals surface area contributed by atoms with Crippen LogP contribution in [0.2, 0.25) is 0 Å². The maximum Gasteiger partial charge on any atom is 2.00 e. The summed E-state index contributed by atoms with van der Waals surface area (Å²) < 4.78 is 174. The molecule has 5 atom stereocenters. The largest absolute Gasteiger partial charge is 2.00 e. The van der Waals surface area contributed by atoms with Crippen LogP contribution in [0.1, 0.15) is 211 Å². The van der Waals surface area contributed by atoms with Gasteiger partial charge in [-0.25, -0.2) is 14.4 Å². The van der Waals surface area contributed by atoms with Crippen LogP contribution in [0.15, 0.2) is 73.2 Å². The van der Waals surface area contributed by atoms with E-state index in [2.05, 4.69) is 38.0 Å². The molecule has 3 N–H and O–H groups in total. The Morgan fingerprint density at radius 2 is 0.851 bits per heavy atom. The number of benzene rings is 2. The van der Waals surface area contributed by atoms with Crippen LogP contribution < -0.4 is 32.8 Å². The van der Waals surface area contributed by atoms with Gasteiger partial charge in [0.05, 0.1) is 29.4 Å². The first-order valence-corrected chi connectivity index (χ1v) is 33.0. The topological polar surface area (TPSA) is 183 Å². The molecule has 0 bridgehead atoms. The summed E-state index contributed by atoms with van der Waals surface area (Å²) in [6, 6.07) is 5.70. The van der Waals surface area contributed by atoms with Crippen LogP contribution in [0.25, 0.3) is 0 Å². The Labute approximate surface area is 616 Å². The van der Waals surface area contributed by atoms with E-state index in [0.29, 0.717) is 44.2 Å². The summed E-state index contributed by atoms with van der Waals surface area (Å²) in [6.45, 7) is 40.0. The number of hydrogen-bond donors (Lipinski definition) is 2. The minimum absolute atomic E-state index is 0. The first kappa shape index (κ1) is 97.7. The average Bonchev–Trinajstić information content (AvgIpc) is 0.806. The molecular formula is C72H107BrF12MgN6O9. The van der Waals surface area contributed by atoms with Gasteiger partial charge in [0.15, 0.2) is 5.78 Å². The van der Waals surface area contributed by atoms with Gasteiger partial charge in [-0.05, 0) is 170 Å². The third-order valence-electron chi connectivity index (χ3n) is 15.2. The monoisotopic (exact) mass is 1530 g/mol. The van der Waals surface area contributed by atoms with E-state index in [-0.39, 0.29) is 166 Å². The summed E-state index contributed by atoms with van der Waals surface area (Å²) in [5.74, 6) is 2.00. The normalized spacial score (nSPS) is 19.0. The Bertz CT molecular complexity index is 2940. The van der Waals surface area contributed by atoms with Crippen molar-refractivity contribution >= 4 is 52.9 Å². The molecule has 6 rings (SSSR count). The number of nitrogens with one attached hydrogen (secondary N) is 1. The molecule has 3 aliphatic rings. The molecule has 29 heteroatoms. The summed E-state index contributed by atoms with van der Waals surface area (Å²) >= 11 is 0. The van der Waals surface area contributed by atoms with Crippen molar-refractivity contribution in [3.63, 3.8) is 0 Å². The van der Waals surface area contributed by atoms with Gasteiger partial charge < -0.3 is 63.2 Å². The number of nitrogens with zero attached hydrogens (tertiary/aromatic N) is 4. The molecule has 0 aliphatic carbocycles. The minimum Gasteiger partial charge on any atom is -1.00 e. The number of ether oxygens (including phenoxy) is 4. The fourth-order valence-electron chi connectivity index (χ4n) is 10.5. The number of alkyl halides is 12. The van der Waals surface area contributed by atoms with Gasteiger partial charge in [-0.3, -0.25) is 19.5 Å². The Hall–Kier alpha value is -5.39. The summed E-state index contributed by atoms with van der Waals surface area (Å²) in [5, 5.41) is 3.16. The maximum atomic E-state index is 13.2. The van der Waals surface area contributed by atoms with Crippen LogP contribution in [-0.4, -0.2) is 133 Å². The number of halogens is 13. The van der Waals surface area contributed by atoms with Crippen molar-refractivity contribution in [1.29, 1.82) is 0 Å². The molecule has 3 aliphatic heterocycles. The van der Waals surface area contributed by atoms with Gasteiger partial charge in [-0.15, -0.1) is 0 Å². The average molecular weight is 1530 g/mol. The number of rotatable bonds is 10. The smallest absolute Gasteiger partial charge is 1.00 e. The van der Waals surface area contributed by atoms with Crippen molar-refractivity contribution in [3.8, 4) is 5.75 Å². The van der Waals surface area contributed by atoms with Crippen molar-refractivity contribution in [2.24, 2.45) is 35.3 Å². The standard InChI is InChI=1S/C25H36F6N2O2.C16H29NO3.C13H21NO3.C9H7F6N.C6H7NO.C3H7.BrH.Mg/c1-14(2)20-11-19(12-21(15(3)4)33(20)22(34)35-23(5,6)7)32-13-16-8-17(24(26,27)28)10-18(9-16)25(29,30)31;1-10(2)13-8-12(18)9-14(11(3)4)17(13)15(19)20-16(5,6)7;1-9(2)11-8-10(15)6-7-14(11)12(16)17-13(3,4)5;10-8(11,12)6-1-5(4-16)2-7(3-6)9(13,14)15;1-8-6-2-4-7-5-3-6;1-3-2;;/h8-10,14-15,19-21,32H,11-13H2,1-7H3;10-11,13-14H,8-9H2,1-7H3;6-7,9,11H,8H2,1-5H3;1-3H,4,16H2;2-5H,1H3;3H,1-2H3;1H;/q;;;;;-1;;+2/p-1/t20-,21-;;;;;;;/m0......./s1. The number of likely N-dealkylation sites (tertiary alicyclic amines) is 2. The van der Waals surface area contributed by atoms with E-state index in [1.54, 1.807) is 57.3 Å². The number of Topliss-reactive ketones (excluding diaryl/α,β-unsaturated/α-hetero) is 1. The zero-order valence-electron chi connectivity index (χ0n) is 62.5. The quantitative estimate of drug-likeness (QED) is 0.0849. The Morgan fingerprint density at radius 1 is 0.535 bits per heavy atom. The number of ketones is 2. The van der Waals surface area contributed by atoms with Crippen LogP contribution in [-0.2, 0) is 61.6 Å². The molecule has 4 heterocycles. The number of carbonyl (C=O) groups is 5. The number of hydrogen-bond acceptors (Lipinski definition) is 12. The van der Waals surface area contributed by atoms with Gasteiger partial charge in [0, 0.05) is 87.2 Å². The van der Waals surface area contributed by atoms with Crippen molar-refractivity contribution in [2.75, 3.05) is 7.11 Å². The van der Waals surface area contributed by atoms with Crippen LogP contribution in [0, 0.1) is 36.0 Å². The van der Waals surface area contributed by atoms with E-state index >= 15 is 0 Å². The molecule has 2 saturated heterocycles. The van der Waals surface area contributed by atoms with Crippen LogP contribution in [0.3, 0.4) is 0 Å². The van der Waals surface area contributed by atoms with E-state index in [0.717, 1.165) is 17.9 Å². The number of pyridine rings is 1. The molecular weight excluding hydrogens is 1430 g/mol. The maximum absolute atomic E-state index is 13.2. The number of nitrogens with two attached hydrogens (primary N) is 1. The molecule has 15 nitrogen and oxygen atoms in total. The first-order valence-electron chi connectivity index (χ1n) is 33.0. The molecule has 0 spiro atoms. The molecule has 2 fully saturated rings. The summed E-state index contributed by atoms with van der Waals surface area (Å²) in [6.07, 6.45) is -9.88. The van der Waals surface area contributed by atoms with E-state index in [9.17, 15) is 76.7 Å². The van der Waals surface area contributed by atoms with Crippen LogP contribution in [0.5, 0.6) is 5.75 Å². The molecule has 1 aromatic heterocycles. The number of carbonyl (C=O) groups excluding carboxylic acids is 5. The second kappa shape index (κ2) is 41.9. The van der Waals surface area contributed by atoms with Crippen molar-refractivity contribution in [1.82, 2.24) is 25.0 Å². The van der Waals surface area contributed by atoms with E-state index in [1.165, 1.54) is 17.2 Å². The van der Waals surface area contributed by atoms with Gasteiger partial charge in [0.2, 0.25) is 0 Å². The van der Waals surface area contributed by atoms with E-state index in [1.807, 2.05) is 108 Å². The second-order valence-corrected chi connectivity index (χ2v) is 29.2. The van der Waals surface area contributed by atoms with Gasteiger partial charge in [0.1, 0.15) is 28.3 Å². The molecule has 3 unspecified atom stereocenters.